The Balaban J connectivity index is 0.00000261. The Hall–Kier alpha value is -1.19. The summed E-state index contributed by atoms with van der Waals surface area (Å²) in [6.07, 6.45) is 2.43. The van der Waals surface area contributed by atoms with Crippen molar-refractivity contribution in [1.82, 2.24) is 15.5 Å². The van der Waals surface area contributed by atoms with Crippen molar-refractivity contribution in [2.24, 2.45) is 10.9 Å². The molecule has 2 N–H and O–H groups in total. The molecular weight excluding hydrogens is 474 g/mol. The summed E-state index contributed by atoms with van der Waals surface area (Å²) >= 11 is 1.84. The molecule has 0 amide bonds. The monoisotopic (exact) mass is 502 g/mol. The first kappa shape index (κ1) is 22.1. The van der Waals surface area contributed by atoms with Crippen LogP contribution in [0.25, 0.3) is 0 Å². The van der Waals surface area contributed by atoms with Gasteiger partial charge in [-0.25, -0.2) is 4.39 Å². The Kier molecular flexibility index (Phi) is 9.50. The largest absolute Gasteiger partial charge is 0.356 e. The van der Waals surface area contributed by atoms with E-state index in [0.717, 1.165) is 37.7 Å². The molecule has 0 aliphatic carbocycles. The van der Waals surface area contributed by atoms with Crippen LogP contribution in [-0.2, 0) is 13.1 Å². The van der Waals surface area contributed by atoms with Crippen LogP contribution in [0.4, 0.5) is 4.39 Å². The highest BCUT2D eigenvalue weighted by Crippen LogP contribution is 2.20. The number of nitrogens with zero attached hydrogens (tertiary/aromatic N) is 2. The van der Waals surface area contributed by atoms with Gasteiger partial charge in [-0.2, -0.15) is 0 Å². The van der Waals surface area contributed by atoms with Crippen molar-refractivity contribution < 1.29 is 4.39 Å². The van der Waals surface area contributed by atoms with Crippen molar-refractivity contribution in [2.75, 3.05) is 26.7 Å². The van der Waals surface area contributed by atoms with E-state index >= 15 is 0 Å². The highest BCUT2D eigenvalue weighted by Gasteiger charge is 2.19. The summed E-state index contributed by atoms with van der Waals surface area (Å²) in [6.45, 7) is 4.98. The molecule has 2 heterocycles. The number of halogens is 2. The summed E-state index contributed by atoms with van der Waals surface area (Å²) in [5.74, 6) is 1.27. The molecule has 0 saturated carbocycles. The number of hydrogen-bond acceptors (Lipinski definition) is 3. The van der Waals surface area contributed by atoms with Gasteiger partial charge in [0.2, 0.25) is 0 Å². The number of piperidine rings is 1. The van der Waals surface area contributed by atoms with E-state index in [1.54, 1.807) is 19.2 Å². The molecule has 0 radical (unpaired) electrons. The highest BCUT2D eigenvalue weighted by atomic mass is 127. The molecule has 1 aliphatic rings. The minimum absolute atomic E-state index is 0. The van der Waals surface area contributed by atoms with Crippen LogP contribution in [0, 0.1) is 11.7 Å². The third kappa shape index (κ3) is 7.38. The lowest BCUT2D eigenvalue weighted by Gasteiger charge is -2.32. The van der Waals surface area contributed by atoms with Gasteiger partial charge in [-0.05, 0) is 61.0 Å². The van der Waals surface area contributed by atoms with Crippen LogP contribution in [0.2, 0.25) is 0 Å². The Morgan fingerprint density at radius 3 is 2.56 bits per heavy atom. The van der Waals surface area contributed by atoms with Gasteiger partial charge in [-0.3, -0.25) is 9.89 Å². The third-order valence-electron chi connectivity index (χ3n) is 4.82. The molecule has 0 spiro atoms. The molecule has 4 nitrogen and oxygen atoms in total. The number of hydrogen-bond donors (Lipinski definition) is 2. The van der Waals surface area contributed by atoms with Gasteiger partial charge in [0.1, 0.15) is 5.82 Å². The Morgan fingerprint density at radius 1 is 1.19 bits per heavy atom. The van der Waals surface area contributed by atoms with Gasteiger partial charge < -0.3 is 10.6 Å². The molecule has 0 bridgehead atoms. The van der Waals surface area contributed by atoms with Crippen LogP contribution in [0.15, 0.2) is 46.8 Å². The first-order chi connectivity index (χ1) is 12.7. The molecule has 1 aliphatic heterocycles. The fourth-order valence-corrected chi connectivity index (χ4v) is 3.97. The first-order valence-corrected chi connectivity index (χ1v) is 10.0. The maximum absolute atomic E-state index is 13.0. The molecular formula is C20H28FIN4S. The van der Waals surface area contributed by atoms with Crippen molar-refractivity contribution >= 4 is 41.3 Å². The summed E-state index contributed by atoms with van der Waals surface area (Å²) in [7, 11) is 1.78. The van der Waals surface area contributed by atoms with Crippen molar-refractivity contribution in [3.05, 3.63) is 58.0 Å². The second-order valence-corrected chi connectivity index (χ2v) is 7.76. The van der Waals surface area contributed by atoms with Crippen LogP contribution in [-0.4, -0.2) is 37.5 Å². The van der Waals surface area contributed by atoms with Crippen molar-refractivity contribution in [2.45, 2.75) is 25.9 Å². The molecule has 1 aromatic carbocycles. The molecule has 27 heavy (non-hydrogen) atoms. The highest BCUT2D eigenvalue weighted by molar-refractivity contribution is 14.0. The molecule has 2 aromatic rings. The van der Waals surface area contributed by atoms with Crippen molar-refractivity contribution in [1.29, 1.82) is 0 Å². The average molecular weight is 502 g/mol. The van der Waals surface area contributed by atoms with E-state index in [9.17, 15) is 4.39 Å². The van der Waals surface area contributed by atoms with Gasteiger partial charge in [0.15, 0.2) is 5.96 Å². The summed E-state index contributed by atoms with van der Waals surface area (Å²) in [4.78, 5) is 8.28. The maximum atomic E-state index is 13.0. The fourth-order valence-electron chi connectivity index (χ4n) is 3.22. The molecule has 1 saturated heterocycles. The zero-order valence-corrected chi connectivity index (χ0v) is 18.8. The zero-order chi connectivity index (χ0) is 18.2. The minimum atomic E-state index is -0.207. The third-order valence-corrected chi connectivity index (χ3v) is 5.68. The molecule has 3 rings (SSSR count). The van der Waals surface area contributed by atoms with E-state index in [-0.39, 0.29) is 29.8 Å². The average Bonchev–Trinajstić information content (AvgIpc) is 3.17. The number of benzene rings is 1. The Labute approximate surface area is 182 Å². The smallest absolute Gasteiger partial charge is 0.191 e. The van der Waals surface area contributed by atoms with E-state index in [0.29, 0.717) is 12.5 Å². The molecule has 0 atom stereocenters. The van der Waals surface area contributed by atoms with Crippen LogP contribution in [0.1, 0.15) is 23.3 Å². The van der Waals surface area contributed by atoms with Gasteiger partial charge in [0.05, 0.1) is 0 Å². The van der Waals surface area contributed by atoms with Crippen LogP contribution >= 0.6 is 35.3 Å². The van der Waals surface area contributed by atoms with Crippen molar-refractivity contribution in [3.8, 4) is 0 Å². The van der Waals surface area contributed by atoms with Crippen LogP contribution in [0.5, 0.6) is 0 Å². The summed E-state index contributed by atoms with van der Waals surface area (Å²) < 4.78 is 13.0. The SMILES string of the molecule is CN=C(NCc1ccc(F)cc1)NCC1CCN(Cc2cccs2)CC1.I. The van der Waals surface area contributed by atoms with E-state index in [2.05, 4.69) is 38.0 Å². The summed E-state index contributed by atoms with van der Waals surface area (Å²) in [5, 5.41) is 8.87. The van der Waals surface area contributed by atoms with E-state index in [1.807, 2.05) is 11.3 Å². The minimum Gasteiger partial charge on any atom is -0.356 e. The van der Waals surface area contributed by atoms with Gasteiger partial charge in [-0.1, -0.05) is 18.2 Å². The predicted molar refractivity (Wildman–Crippen MR) is 122 cm³/mol. The fraction of sp³-hybridized carbons (Fsp3) is 0.450. The summed E-state index contributed by atoms with van der Waals surface area (Å²) in [6, 6.07) is 10.9. The molecule has 1 fully saturated rings. The Morgan fingerprint density at radius 2 is 1.93 bits per heavy atom. The maximum Gasteiger partial charge on any atom is 0.191 e. The quantitative estimate of drug-likeness (QED) is 0.355. The van der Waals surface area contributed by atoms with E-state index in [4.69, 9.17) is 0 Å². The topological polar surface area (TPSA) is 39.7 Å². The lowest BCUT2D eigenvalue weighted by atomic mass is 9.97. The standard InChI is InChI=1S/C20H27FN4S.HI/c1-22-20(23-13-16-4-6-18(21)7-5-16)24-14-17-8-10-25(11-9-17)15-19-3-2-12-26-19;/h2-7,12,17H,8-11,13-15H2,1H3,(H2,22,23,24);1H. The first-order valence-electron chi connectivity index (χ1n) is 9.16. The van der Waals surface area contributed by atoms with Crippen LogP contribution < -0.4 is 10.6 Å². The molecule has 1 aromatic heterocycles. The van der Waals surface area contributed by atoms with Crippen LogP contribution in [0.3, 0.4) is 0 Å². The molecule has 0 unspecified atom stereocenters. The number of thiophene rings is 1. The van der Waals surface area contributed by atoms with E-state index in [1.165, 1.54) is 29.9 Å². The van der Waals surface area contributed by atoms with E-state index < -0.39 is 0 Å². The van der Waals surface area contributed by atoms with Gasteiger partial charge in [0.25, 0.3) is 0 Å². The normalized spacial score (nSPS) is 16.0. The molecule has 148 valence electrons. The number of rotatable bonds is 6. The number of nitrogens with one attached hydrogen (secondary N) is 2. The van der Waals surface area contributed by atoms with Gasteiger partial charge >= 0.3 is 0 Å². The second-order valence-electron chi connectivity index (χ2n) is 6.73. The number of guanidine groups is 1. The summed E-state index contributed by atoms with van der Waals surface area (Å²) in [5.41, 5.74) is 1.04. The van der Waals surface area contributed by atoms with Gasteiger partial charge in [-0.15, -0.1) is 35.3 Å². The number of likely N-dealkylation sites (tertiary alicyclic amines) is 1. The second kappa shape index (κ2) is 11.6. The van der Waals surface area contributed by atoms with Gasteiger partial charge in [0, 0.05) is 31.6 Å². The predicted octanol–water partition coefficient (Wildman–Crippen LogP) is 4.08. The van der Waals surface area contributed by atoms with Crippen molar-refractivity contribution in [3.63, 3.8) is 0 Å². The number of aliphatic imine (C=N–C) groups is 1. The lowest BCUT2D eigenvalue weighted by molar-refractivity contribution is 0.179. The zero-order valence-electron chi connectivity index (χ0n) is 15.7. The Bertz CT molecular complexity index is 683. The molecule has 7 heteroatoms. The lowest BCUT2D eigenvalue weighted by Crippen LogP contribution is -2.42.